The van der Waals surface area contributed by atoms with E-state index in [-0.39, 0.29) is 11.8 Å². The van der Waals surface area contributed by atoms with Crippen molar-refractivity contribution in [1.82, 2.24) is 0 Å². The van der Waals surface area contributed by atoms with Crippen molar-refractivity contribution in [3.8, 4) is 0 Å². The van der Waals surface area contributed by atoms with Gasteiger partial charge in [-0.1, -0.05) is 24.3 Å². The van der Waals surface area contributed by atoms with Crippen LogP contribution >= 0.6 is 0 Å². The molecule has 2 heterocycles. The standard InChI is InChI=1S/C22H20N2O3/c1-15-6-2-3-8-18(15)21(25)23-17-11-10-16-7-4-12-24(19(16)14-17)22(26)20-9-5-13-27-20/h2-3,5-6,8-11,13-14H,4,7,12H2,1H3,(H,23,25). The Hall–Kier alpha value is -3.34. The normalized spacial score (nSPS) is 13.1. The molecule has 0 radical (unpaired) electrons. The van der Waals surface area contributed by atoms with E-state index in [0.29, 0.717) is 23.6 Å². The Bertz CT molecular complexity index is 993. The second-order valence-electron chi connectivity index (χ2n) is 6.65. The van der Waals surface area contributed by atoms with Crippen molar-refractivity contribution in [2.24, 2.45) is 0 Å². The molecular formula is C22H20N2O3. The molecule has 0 aliphatic carbocycles. The molecule has 2 aromatic carbocycles. The number of hydrogen-bond acceptors (Lipinski definition) is 3. The lowest BCUT2D eigenvalue weighted by Crippen LogP contribution is -2.35. The van der Waals surface area contributed by atoms with E-state index in [1.165, 1.54) is 6.26 Å². The predicted molar refractivity (Wildman–Crippen MR) is 104 cm³/mol. The minimum absolute atomic E-state index is 0.159. The maximum atomic E-state index is 12.8. The first-order chi connectivity index (χ1) is 13.1. The van der Waals surface area contributed by atoms with Crippen LogP contribution in [0, 0.1) is 6.92 Å². The van der Waals surface area contributed by atoms with Gasteiger partial charge >= 0.3 is 0 Å². The van der Waals surface area contributed by atoms with Gasteiger partial charge in [0.25, 0.3) is 11.8 Å². The fraction of sp³-hybridized carbons (Fsp3) is 0.182. The molecule has 1 aliphatic heterocycles. The Kier molecular flexibility index (Phi) is 4.50. The minimum Gasteiger partial charge on any atom is -0.459 e. The van der Waals surface area contributed by atoms with Crippen LogP contribution in [-0.4, -0.2) is 18.4 Å². The lowest BCUT2D eigenvalue weighted by Gasteiger charge is -2.29. The number of carbonyl (C=O) groups is 2. The molecule has 1 aromatic heterocycles. The van der Waals surface area contributed by atoms with Crippen molar-refractivity contribution in [3.05, 3.63) is 83.3 Å². The lowest BCUT2D eigenvalue weighted by molar-refractivity contribution is 0.0958. The molecule has 1 aliphatic rings. The highest BCUT2D eigenvalue weighted by atomic mass is 16.3. The number of hydrogen-bond donors (Lipinski definition) is 1. The summed E-state index contributed by atoms with van der Waals surface area (Å²) in [5.74, 6) is -0.00620. The molecule has 4 rings (SSSR count). The smallest absolute Gasteiger partial charge is 0.293 e. The van der Waals surface area contributed by atoms with Crippen LogP contribution in [0.4, 0.5) is 11.4 Å². The lowest BCUT2D eigenvalue weighted by atomic mass is 10.0. The van der Waals surface area contributed by atoms with Crippen molar-refractivity contribution in [1.29, 1.82) is 0 Å². The summed E-state index contributed by atoms with van der Waals surface area (Å²) >= 11 is 0. The van der Waals surface area contributed by atoms with Gasteiger partial charge in [-0.15, -0.1) is 0 Å². The van der Waals surface area contributed by atoms with E-state index in [4.69, 9.17) is 4.42 Å². The SMILES string of the molecule is Cc1ccccc1C(=O)Nc1ccc2c(c1)N(C(=O)c1ccco1)CCC2. The summed E-state index contributed by atoms with van der Waals surface area (Å²) in [5, 5.41) is 2.94. The monoisotopic (exact) mass is 360 g/mol. The van der Waals surface area contributed by atoms with Crippen molar-refractivity contribution in [2.75, 3.05) is 16.8 Å². The zero-order chi connectivity index (χ0) is 18.8. The summed E-state index contributed by atoms with van der Waals surface area (Å²) < 4.78 is 5.27. The van der Waals surface area contributed by atoms with Gasteiger partial charge in [0.05, 0.1) is 6.26 Å². The largest absolute Gasteiger partial charge is 0.459 e. The molecule has 5 heteroatoms. The third kappa shape index (κ3) is 3.36. The number of nitrogens with one attached hydrogen (secondary N) is 1. The summed E-state index contributed by atoms with van der Waals surface area (Å²) in [6.45, 7) is 2.53. The summed E-state index contributed by atoms with van der Waals surface area (Å²) in [6.07, 6.45) is 3.30. The zero-order valence-corrected chi connectivity index (χ0v) is 15.1. The number of aryl methyl sites for hydroxylation is 2. The zero-order valence-electron chi connectivity index (χ0n) is 15.1. The Labute approximate surface area is 157 Å². The van der Waals surface area contributed by atoms with Gasteiger partial charge in [-0.05, 0) is 61.2 Å². The van der Waals surface area contributed by atoms with Crippen molar-refractivity contribution in [2.45, 2.75) is 19.8 Å². The second kappa shape index (κ2) is 7.11. The molecular weight excluding hydrogens is 340 g/mol. The van der Waals surface area contributed by atoms with Gasteiger partial charge in [-0.3, -0.25) is 9.59 Å². The van der Waals surface area contributed by atoms with E-state index in [1.807, 2.05) is 43.3 Å². The fourth-order valence-corrected chi connectivity index (χ4v) is 3.42. The first kappa shape index (κ1) is 17.1. The summed E-state index contributed by atoms with van der Waals surface area (Å²) in [4.78, 5) is 27.1. The Balaban J connectivity index is 1.62. The number of nitrogens with zero attached hydrogens (tertiary/aromatic N) is 1. The molecule has 0 saturated heterocycles. The van der Waals surface area contributed by atoms with Gasteiger partial charge in [-0.2, -0.15) is 0 Å². The molecule has 136 valence electrons. The molecule has 1 N–H and O–H groups in total. The Morgan fingerprint density at radius 2 is 1.93 bits per heavy atom. The molecule has 3 aromatic rings. The van der Waals surface area contributed by atoms with E-state index in [0.717, 1.165) is 29.7 Å². The van der Waals surface area contributed by atoms with E-state index < -0.39 is 0 Å². The molecule has 0 bridgehead atoms. The first-order valence-electron chi connectivity index (χ1n) is 8.99. The van der Waals surface area contributed by atoms with Crippen LogP contribution in [-0.2, 0) is 6.42 Å². The number of furan rings is 1. The third-order valence-corrected chi connectivity index (χ3v) is 4.83. The van der Waals surface area contributed by atoms with Crippen LogP contribution < -0.4 is 10.2 Å². The number of carbonyl (C=O) groups excluding carboxylic acids is 2. The van der Waals surface area contributed by atoms with E-state index in [2.05, 4.69) is 5.32 Å². The number of fused-ring (bicyclic) bond motifs is 1. The summed E-state index contributed by atoms with van der Waals surface area (Å²) in [7, 11) is 0. The molecule has 0 spiro atoms. The number of amides is 2. The van der Waals surface area contributed by atoms with Gasteiger partial charge in [-0.25, -0.2) is 0 Å². The molecule has 5 nitrogen and oxygen atoms in total. The highest BCUT2D eigenvalue weighted by molar-refractivity contribution is 6.07. The average molecular weight is 360 g/mol. The fourth-order valence-electron chi connectivity index (χ4n) is 3.42. The second-order valence-corrected chi connectivity index (χ2v) is 6.65. The van der Waals surface area contributed by atoms with Gasteiger partial charge in [0, 0.05) is 23.5 Å². The van der Waals surface area contributed by atoms with Crippen molar-refractivity contribution >= 4 is 23.2 Å². The van der Waals surface area contributed by atoms with Crippen molar-refractivity contribution < 1.29 is 14.0 Å². The predicted octanol–water partition coefficient (Wildman–Crippen LogP) is 4.43. The summed E-state index contributed by atoms with van der Waals surface area (Å²) in [5.41, 5.74) is 4.14. The highest BCUT2D eigenvalue weighted by Gasteiger charge is 2.25. The maximum Gasteiger partial charge on any atom is 0.293 e. The van der Waals surface area contributed by atoms with E-state index >= 15 is 0 Å². The minimum atomic E-state index is -0.164. The van der Waals surface area contributed by atoms with Crippen LogP contribution in [0.15, 0.2) is 65.3 Å². The van der Waals surface area contributed by atoms with Crippen LogP contribution in [0.3, 0.4) is 0 Å². The number of anilines is 2. The molecule has 0 atom stereocenters. The molecule has 2 amide bonds. The average Bonchev–Trinajstić information content (AvgIpc) is 3.22. The van der Waals surface area contributed by atoms with Gasteiger partial charge in [0.1, 0.15) is 0 Å². The van der Waals surface area contributed by atoms with Gasteiger partial charge in [0.2, 0.25) is 0 Å². The molecule has 0 fully saturated rings. The Morgan fingerprint density at radius 1 is 1.07 bits per heavy atom. The molecule has 27 heavy (non-hydrogen) atoms. The van der Waals surface area contributed by atoms with Crippen LogP contribution in [0.2, 0.25) is 0 Å². The van der Waals surface area contributed by atoms with Crippen LogP contribution in [0.1, 0.15) is 38.5 Å². The van der Waals surface area contributed by atoms with Crippen LogP contribution in [0.5, 0.6) is 0 Å². The van der Waals surface area contributed by atoms with E-state index in [1.54, 1.807) is 23.1 Å². The number of rotatable bonds is 3. The Morgan fingerprint density at radius 3 is 2.70 bits per heavy atom. The van der Waals surface area contributed by atoms with Gasteiger partial charge in [0.15, 0.2) is 5.76 Å². The quantitative estimate of drug-likeness (QED) is 0.751. The molecule has 0 unspecified atom stereocenters. The first-order valence-corrected chi connectivity index (χ1v) is 8.99. The van der Waals surface area contributed by atoms with Crippen molar-refractivity contribution in [3.63, 3.8) is 0 Å². The number of benzene rings is 2. The van der Waals surface area contributed by atoms with E-state index in [9.17, 15) is 9.59 Å². The van der Waals surface area contributed by atoms with Gasteiger partial charge < -0.3 is 14.6 Å². The topological polar surface area (TPSA) is 62.6 Å². The highest BCUT2D eigenvalue weighted by Crippen LogP contribution is 2.31. The van der Waals surface area contributed by atoms with Crippen LogP contribution in [0.25, 0.3) is 0 Å². The molecule has 0 saturated carbocycles. The maximum absolute atomic E-state index is 12.8. The third-order valence-electron chi connectivity index (χ3n) is 4.83. The summed E-state index contributed by atoms with van der Waals surface area (Å²) in [6, 6.07) is 16.6.